The van der Waals surface area contributed by atoms with Crippen molar-refractivity contribution in [1.82, 2.24) is 10.2 Å². The molecule has 0 spiro atoms. The maximum atomic E-state index is 14.1. The van der Waals surface area contributed by atoms with Gasteiger partial charge in [0.2, 0.25) is 5.91 Å². The average Bonchev–Trinajstić information content (AvgIpc) is 2.53. The van der Waals surface area contributed by atoms with Crippen molar-refractivity contribution in [1.29, 1.82) is 0 Å². The first-order valence-corrected chi connectivity index (χ1v) is 8.76. The van der Waals surface area contributed by atoms with Crippen molar-refractivity contribution < 1.29 is 9.18 Å². The van der Waals surface area contributed by atoms with Crippen molar-refractivity contribution in [2.45, 2.75) is 47.1 Å². The highest BCUT2D eigenvalue weighted by atomic mass is 19.1. The number of halogens is 1. The van der Waals surface area contributed by atoms with Crippen molar-refractivity contribution in [3.05, 3.63) is 46.3 Å². The molecule has 1 aromatic rings. The number of nitrogens with zero attached hydrogens (tertiary/aromatic N) is 1. The summed E-state index contributed by atoms with van der Waals surface area (Å²) in [5.74, 6) is 0.363. The van der Waals surface area contributed by atoms with E-state index in [-0.39, 0.29) is 11.7 Å². The summed E-state index contributed by atoms with van der Waals surface area (Å²) in [4.78, 5) is 14.1. The van der Waals surface area contributed by atoms with Crippen molar-refractivity contribution in [3.8, 4) is 0 Å². The summed E-state index contributed by atoms with van der Waals surface area (Å²) < 4.78 is 14.1. The second-order valence-electron chi connectivity index (χ2n) is 7.19. The molecule has 1 aromatic carbocycles. The van der Waals surface area contributed by atoms with Gasteiger partial charge < -0.3 is 5.32 Å². The van der Waals surface area contributed by atoms with Crippen LogP contribution in [0.2, 0.25) is 0 Å². The number of hydrogen-bond donors (Lipinski definition) is 1. The maximum Gasteiger partial charge on any atom is 0.243 e. The minimum absolute atomic E-state index is 0.0106. The molecule has 24 heavy (non-hydrogen) atoms. The number of rotatable bonds is 5. The van der Waals surface area contributed by atoms with Crippen molar-refractivity contribution >= 4 is 5.91 Å². The Bertz CT molecular complexity index is 620. The predicted molar refractivity (Wildman–Crippen MR) is 96.3 cm³/mol. The van der Waals surface area contributed by atoms with E-state index < -0.39 is 0 Å². The topological polar surface area (TPSA) is 32.3 Å². The van der Waals surface area contributed by atoms with Gasteiger partial charge in [-0.15, -0.1) is 0 Å². The first kappa shape index (κ1) is 18.7. The molecule has 0 aromatic heterocycles. The fourth-order valence-electron chi connectivity index (χ4n) is 3.29. The van der Waals surface area contributed by atoms with Crippen LogP contribution in [0.1, 0.15) is 43.4 Å². The van der Waals surface area contributed by atoms with E-state index in [1.807, 2.05) is 32.9 Å². The van der Waals surface area contributed by atoms with E-state index >= 15 is 0 Å². The van der Waals surface area contributed by atoms with Crippen molar-refractivity contribution in [3.63, 3.8) is 0 Å². The van der Waals surface area contributed by atoms with Crippen molar-refractivity contribution in [2.75, 3.05) is 19.6 Å². The van der Waals surface area contributed by atoms with Crippen molar-refractivity contribution in [2.24, 2.45) is 5.92 Å². The maximum absolute atomic E-state index is 14.1. The number of carbonyl (C=O) groups excluding carboxylic acids is 1. The Balaban J connectivity index is 1.90. The van der Waals surface area contributed by atoms with E-state index in [0.29, 0.717) is 18.0 Å². The molecule has 1 amide bonds. The van der Waals surface area contributed by atoms with E-state index in [2.05, 4.69) is 10.2 Å². The van der Waals surface area contributed by atoms with Crippen LogP contribution >= 0.6 is 0 Å². The fraction of sp³-hybridized carbons (Fsp3) is 0.550. The van der Waals surface area contributed by atoms with Gasteiger partial charge >= 0.3 is 0 Å². The Labute approximate surface area is 144 Å². The van der Waals surface area contributed by atoms with E-state index in [1.165, 1.54) is 0 Å². The molecular weight excluding hydrogens is 303 g/mol. The van der Waals surface area contributed by atoms with Crippen LogP contribution in [0.4, 0.5) is 4.39 Å². The third-order valence-corrected chi connectivity index (χ3v) is 4.67. The highest BCUT2D eigenvalue weighted by Gasteiger charge is 2.21. The molecule has 132 valence electrons. The predicted octanol–water partition coefficient (Wildman–Crippen LogP) is 3.74. The average molecular weight is 332 g/mol. The van der Waals surface area contributed by atoms with Crippen LogP contribution in [-0.2, 0) is 11.3 Å². The molecular formula is C20H29FN2O. The monoisotopic (exact) mass is 332 g/mol. The first-order chi connectivity index (χ1) is 11.4. The summed E-state index contributed by atoms with van der Waals surface area (Å²) in [6, 6.07) is 3.90. The Morgan fingerprint density at radius 2 is 2.12 bits per heavy atom. The Morgan fingerprint density at radius 1 is 1.38 bits per heavy atom. The molecule has 1 aliphatic heterocycles. The van der Waals surface area contributed by atoms with E-state index in [1.54, 1.807) is 13.0 Å². The van der Waals surface area contributed by atoms with Crippen LogP contribution in [0.5, 0.6) is 0 Å². The van der Waals surface area contributed by atoms with Crippen LogP contribution < -0.4 is 5.32 Å². The third kappa shape index (κ3) is 5.17. The van der Waals surface area contributed by atoms with Crippen LogP contribution in [0.25, 0.3) is 0 Å². The molecule has 2 rings (SSSR count). The van der Waals surface area contributed by atoms with Crippen LogP contribution in [0.3, 0.4) is 0 Å². The van der Waals surface area contributed by atoms with E-state index in [9.17, 15) is 9.18 Å². The number of aryl methyl sites for hydroxylation is 1. The highest BCUT2D eigenvalue weighted by Crippen LogP contribution is 2.22. The molecule has 0 bridgehead atoms. The molecule has 1 atom stereocenters. The second kappa shape index (κ2) is 8.43. The SMILES string of the molecule is CC(C)=CC(=O)NC[C@@H]1CCCN(Cc2ccc(C)c(F)c2C)C1. The first-order valence-electron chi connectivity index (χ1n) is 8.76. The molecule has 3 nitrogen and oxygen atoms in total. The van der Waals surface area contributed by atoms with Gasteiger partial charge in [-0.2, -0.15) is 0 Å². The molecule has 0 saturated carbocycles. The Kier molecular flexibility index (Phi) is 6.55. The molecule has 1 aliphatic rings. The van der Waals surface area contributed by atoms with Gasteiger partial charge in [0.05, 0.1) is 0 Å². The molecule has 1 saturated heterocycles. The summed E-state index contributed by atoms with van der Waals surface area (Å²) in [6.07, 6.45) is 3.89. The number of likely N-dealkylation sites (tertiary alicyclic amines) is 1. The lowest BCUT2D eigenvalue weighted by atomic mass is 9.96. The summed E-state index contributed by atoms with van der Waals surface area (Å²) in [5.41, 5.74) is 3.53. The van der Waals surface area contributed by atoms with Crippen LogP contribution in [0.15, 0.2) is 23.8 Å². The van der Waals surface area contributed by atoms with Gasteiger partial charge in [-0.05, 0) is 69.7 Å². The number of benzene rings is 1. The van der Waals surface area contributed by atoms with Gasteiger partial charge in [-0.25, -0.2) is 4.39 Å². The van der Waals surface area contributed by atoms with Crippen LogP contribution in [-0.4, -0.2) is 30.4 Å². The number of nitrogens with one attached hydrogen (secondary N) is 1. The minimum Gasteiger partial charge on any atom is -0.352 e. The molecule has 1 N–H and O–H groups in total. The zero-order valence-corrected chi connectivity index (χ0v) is 15.3. The standard InChI is InChI=1S/C20H29FN2O/c1-14(2)10-19(24)22-11-17-6-5-9-23(12-17)13-18-8-7-15(3)20(21)16(18)4/h7-8,10,17H,5-6,9,11-13H2,1-4H3,(H,22,24)/t17-/m0/s1. The Morgan fingerprint density at radius 3 is 2.83 bits per heavy atom. The van der Waals surface area contributed by atoms with Gasteiger partial charge in [0.15, 0.2) is 0 Å². The van der Waals surface area contributed by atoms with Gasteiger partial charge in [0.1, 0.15) is 5.82 Å². The number of carbonyl (C=O) groups is 1. The van der Waals surface area contributed by atoms with E-state index in [0.717, 1.165) is 49.2 Å². The zero-order chi connectivity index (χ0) is 17.7. The quantitative estimate of drug-likeness (QED) is 0.833. The lowest BCUT2D eigenvalue weighted by Gasteiger charge is -2.33. The summed E-state index contributed by atoms with van der Waals surface area (Å²) >= 11 is 0. The molecule has 1 fully saturated rings. The van der Waals surface area contributed by atoms with Gasteiger partial charge in [0, 0.05) is 25.7 Å². The molecule has 0 aliphatic carbocycles. The molecule has 4 heteroatoms. The normalized spacial score (nSPS) is 18.3. The van der Waals surface area contributed by atoms with E-state index in [4.69, 9.17) is 0 Å². The summed E-state index contributed by atoms with van der Waals surface area (Å²) in [6.45, 7) is 11.0. The second-order valence-corrected chi connectivity index (χ2v) is 7.19. The largest absolute Gasteiger partial charge is 0.352 e. The molecule has 1 heterocycles. The lowest BCUT2D eigenvalue weighted by Crippen LogP contribution is -2.40. The number of piperidine rings is 1. The van der Waals surface area contributed by atoms with Gasteiger partial charge in [0.25, 0.3) is 0 Å². The summed E-state index contributed by atoms with van der Waals surface area (Å²) in [7, 11) is 0. The Hall–Kier alpha value is -1.68. The molecule has 0 unspecified atom stereocenters. The van der Waals surface area contributed by atoms with Gasteiger partial charge in [-0.3, -0.25) is 9.69 Å². The van der Waals surface area contributed by atoms with Crippen LogP contribution in [0, 0.1) is 25.6 Å². The number of hydrogen-bond acceptors (Lipinski definition) is 2. The smallest absolute Gasteiger partial charge is 0.243 e. The number of allylic oxidation sites excluding steroid dienone is 1. The third-order valence-electron chi connectivity index (χ3n) is 4.67. The summed E-state index contributed by atoms with van der Waals surface area (Å²) in [5, 5.41) is 2.99. The fourth-order valence-corrected chi connectivity index (χ4v) is 3.29. The molecule has 0 radical (unpaired) electrons. The highest BCUT2D eigenvalue weighted by molar-refractivity contribution is 5.87. The zero-order valence-electron chi connectivity index (χ0n) is 15.3. The number of amides is 1. The lowest BCUT2D eigenvalue weighted by molar-refractivity contribution is -0.116. The van der Waals surface area contributed by atoms with Gasteiger partial charge in [-0.1, -0.05) is 17.7 Å². The minimum atomic E-state index is -0.0879.